The first kappa shape index (κ1) is 10.5. The molecule has 1 aromatic rings. The molecule has 2 rings (SSSR count). The van der Waals surface area contributed by atoms with Gasteiger partial charge in [0.25, 0.3) is 0 Å². The first-order chi connectivity index (χ1) is 7.24. The minimum atomic E-state index is 0.179. The van der Waals surface area contributed by atoms with Crippen molar-refractivity contribution in [3.63, 3.8) is 0 Å². The lowest BCUT2D eigenvalue weighted by atomic mass is 10.2. The summed E-state index contributed by atoms with van der Waals surface area (Å²) in [6, 6.07) is 7.05. The summed E-state index contributed by atoms with van der Waals surface area (Å²) in [5.41, 5.74) is 0. The highest BCUT2D eigenvalue weighted by molar-refractivity contribution is 6.30. The van der Waals surface area contributed by atoms with Gasteiger partial charge in [0.1, 0.15) is 12.4 Å². The van der Waals surface area contributed by atoms with Crippen LogP contribution in [0.15, 0.2) is 24.3 Å². The molecule has 2 nitrogen and oxygen atoms in total. The second kappa shape index (κ2) is 4.67. The Morgan fingerprint density at radius 1 is 1.33 bits per heavy atom. The maximum absolute atomic E-state index is 11.4. The van der Waals surface area contributed by atoms with Crippen molar-refractivity contribution in [3.8, 4) is 5.75 Å². The molecular weight excluding hydrogens is 212 g/mol. The Balaban J connectivity index is 1.76. The molecule has 0 N–H and O–H groups in total. The van der Waals surface area contributed by atoms with E-state index in [0.29, 0.717) is 23.1 Å². The maximum Gasteiger partial charge on any atom is 0.170 e. The van der Waals surface area contributed by atoms with E-state index >= 15 is 0 Å². The van der Waals surface area contributed by atoms with Gasteiger partial charge in [0, 0.05) is 11.4 Å². The van der Waals surface area contributed by atoms with Crippen LogP contribution in [0.4, 0.5) is 0 Å². The first-order valence-electron chi connectivity index (χ1n) is 5.14. The fourth-order valence-electron chi connectivity index (χ4n) is 1.40. The molecule has 15 heavy (non-hydrogen) atoms. The Kier molecular flexibility index (Phi) is 3.27. The van der Waals surface area contributed by atoms with E-state index in [1.807, 2.05) is 0 Å². The van der Waals surface area contributed by atoms with Gasteiger partial charge in [-0.1, -0.05) is 11.6 Å². The zero-order valence-corrected chi connectivity index (χ0v) is 9.17. The third-order valence-corrected chi connectivity index (χ3v) is 2.68. The van der Waals surface area contributed by atoms with Gasteiger partial charge in [0.05, 0.1) is 0 Å². The number of halogens is 1. The van der Waals surface area contributed by atoms with Crippen LogP contribution in [0.25, 0.3) is 0 Å². The summed E-state index contributed by atoms with van der Waals surface area (Å²) in [6.45, 7) is 0.179. The lowest BCUT2D eigenvalue weighted by Crippen LogP contribution is -2.11. The van der Waals surface area contributed by atoms with Gasteiger partial charge >= 0.3 is 0 Å². The number of ketones is 1. The summed E-state index contributed by atoms with van der Waals surface area (Å²) in [7, 11) is 0. The topological polar surface area (TPSA) is 26.3 Å². The van der Waals surface area contributed by atoms with Crippen LogP contribution < -0.4 is 4.74 Å². The molecule has 80 valence electrons. The van der Waals surface area contributed by atoms with E-state index < -0.39 is 0 Å². The zero-order chi connectivity index (χ0) is 10.7. The minimum absolute atomic E-state index is 0.179. The van der Waals surface area contributed by atoms with E-state index in [4.69, 9.17) is 16.3 Å². The third kappa shape index (κ3) is 3.56. The van der Waals surface area contributed by atoms with Crippen molar-refractivity contribution in [1.82, 2.24) is 0 Å². The van der Waals surface area contributed by atoms with E-state index in [9.17, 15) is 4.79 Å². The number of Topliss-reactive ketones (excluding diaryl/α,β-unsaturated/α-hetero) is 1. The van der Waals surface area contributed by atoms with E-state index in [-0.39, 0.29) is 12.4 Å². The molecule has 0 bridgehead atoms. The summed E-state index contributed by atoms with van der Waals surface area (Å²) in [6.07, 6.45) is 3.08. The Bertz CT molecular complexity index is 341. The van der Waals surface area contributed by atoms with Gasteiger partial charge in [-0.25, -0.2) is 0 Å². The average molecular weight is 225 g/mol. The van der Waals surface area contributed by atoms with Crippen molar-refractivity contribution in [2.75, 3.05) is 6.61 Å². The average Bonchev–Trinajstić information content (AvgIpc) is 3.01. The molecule has 0 amide bonds. The molecule has 1 aliphatic rings. The van der Waals surface area contributed by atoms with Crippen LogP contribution in [-0.4, -0.2) is 12.4 Å². The van der Waals surface area contributed by atoms with Crippen molar-refractivity contribution in [2.45, 2.75) is 19.3 Å². The number of carbonyl (C=O) groups is 1. The molecule has 0 spiro atoms. The van der Waals surface area contributed by atoms with E-state index in [1.54, 1.807) is 24.3 Å². The van der Waals surface area contributed by atoms with Gasteiger partial charge < -0.3 is 4.74 Å². The van der Waals surface area contributed by atoms with Crippen molar-refractivity contribution in [1.29, 1.82) is 0 Å². The van der Waals surface area contributed by atoms with E-state index in [0.717, 1.165) is 0 Å². The minimum Gasteiger partial charge on any atom is -0.486 e. The van der Waals surface area contributed by atoms with E-state index in [2.05, 4.69) is 0 Å². The summed E-state index contributed by atoms with van der Waals surface area (Å²) < 4.78 is 5.34. The monoisotopic (exact) mass is 224 g/mol. The summed E-state index contributed by atoms with van der Waals surface area (Å²) in [5.74, 6) is 1.52. The number of rotatable bonds is 5. The molecule has 0 atom stereocenters. The fourth-order valence-corrected chi connectivity index (χ4v) is 1.52. The van der Waals surface area contributed by atoms with Crippen LogP contribution in [0.3, 0.4) is 0 Å². The second-order valence-electron chi connectivity index (χ2n) is 3.93. The number of carbonyl (C=O) groups excluding carboxylic acids is 1. The van der Waals surface area contributed by atoms with Gasteiger partial charge in [-0.05, 0) is 43.0 Å². The highest BCUT2D eigenvalue weighted by atomic mass is 35.5. The molecule has 0 aliphatic heterocycles. The van der Waals surface area contributed by atoms with Crippen molar-refractivity contribution < 1.29 is 9.53 Å². The number of benzene rings is 1. The lowest BCUT2D eigenvalue weighted by Gasteiger charge is -2.04. The number of hydrogen-bond donors (Lipinski definition) is 0. The van der Waals surface area contributed by atoms with Crippen LogP contribution in [0.1, 0.15) is 19.3 Å². The molecule has 1 aliphatic carbocycles. The SMILES string of the molecule is O=C(COc1ccc(Cl)cc1)CC1CC1. The summed E-state index contributed by atoms with van der Waals surface area (Å²) in [5, 5.41) is 0.673. The van der Waals surface area contributed by atoms with Crippen molar-refractivity contribution >= 4 is 17.4 Å². The standard InChI is InChI=1S/C12H13ClO2/c13-10-3-5-12(6-4-10)15-8-11(14)7-9-1-2-9/h3-6,9H,1-2,7-8H2. The highest BCUT2D eigenvalue weighted by Gasteiger charge is 2.24. The Morgan fingerprint density at radius 2 is 2.00 bits per heavy atom. The molecule has 1 saturated carbocycles. The number of hydrogen-bond acceptors (Lipinski definition) is 2. The predicted octanol–water partition coefficient (Wildman–Crippen LogP) is 3.09. The van der Waals surface area contributed by atoms with Crippen LogP contribution in [0.5, 0.6) is 5.75 Å². The van der Waals surface area contributed by atoms with Crippen LogP contribution in [-0.2, 0) is 4.79 Å². The maximum atomic E-state index is 11.4. The second-order valence-corrected chi connectivity index (χ2v) is 4.37. The molecular formula is C12H13ClO2. The van der Waals surface area contributed by atoms with Gasteiger partial charge in [0.15, 0.2) is 5.78 Å². The first-order valence-corrected chi connectivity index (χ1v) is 5.52. The van der Waals surface area contributed by atoms with Gasteiger partial charge in [-0.3, -0.25) is 4.79 Å². The van der Waals surface area contributed by atoms with Crippen LogP contribution >= 0.6 is 11.6 Å². The van der Waals surface area contributed by atoms with E-state index in [1.165, 1.54) is 12.8 Å². The van der Waals surface area contributed by atoms with Gasteiger partial charge in [0.2, 0.25) is 0 Å². The Hall–Kier alpha value is -1.02. The zero-order valence-electron chi connectivity index (χ0n) is 8.41. The van der Waals surface area contributed by atoms with Crippen molar-refractivity contribution in [2.24, 2.45) is 5.92 Å². The van der Waals surface area contributed by atoms with Gasteiger partial charge in [-0.15, -0.1) is 0 Å². The lowest BCUT2D eigenvalue weighted by molar-refractivity contribution is -0.121. The normalized spacial score (nSPS) is 15.0. The fraction of sp³-hybridized carbons (Fsp3) is 0.417. The van der Waals surface area contributed by atoms with Crippen molar-refractivity contribution in [3.05, 3.63) is 29.3 Å². The molecule has 1 aromatic carbocycles. The van der Waals surface area contributed by atoms with Crippen LogP contribution in [0, 0.1) is 5.92 Å². The summed E-state index contributed by atoms with van der Waals surface area (Å²) in [4.78, 5) is 11.4. The number of ether oxygens (including phenoxy) is 1. The molecule has 0 saturated heterocycles. The Labute approximate surface area is 94.2 Å². The molecule has 1 fully saturated rings. The highest BCUT2D eigenvalue weighted by Crippen LogP contribution is 2.32. The molecule has 0 heterocycles. The van der Waals surface area contributed by atoms with Crippen LogP contribution in [0.2, 0.25) is 5.02 Å². The van der Waals surface area contributed by atoms with Gasteiger partial charge in [-0.2, -0.15) is 0 Å². The summed E-state index contributed by atoms with van der Waals surface area (Å²) >= 11 is 5.73. The molecule has 0 unspecified atom stereocenters. The molecule has 3 heteroatoms. The third-order valence-electron chi connectivity index (χ3n) is 2.43. The Morgan fingerprint density at radius 3 is 2.60 bits per heavy atom. The predicted molar refractivity (Wildman–Crippen MR) is 59.3 cm³/mol. The molecule has 0 aromatic heterocycles. The molecule has 0 radical (unpaired) electrons. The smallest absolute Gasteiger partial charge is 0.170 e. The largest absolute Gasteiger partial charge is 0.486 e. The quantitative estimate of drug-likeness (QED) is 0.768.